The second-order valence-corrected chi connectivity index (χ2v) is 10.5. The van der Waals surface area contributed by atoms with E-state index in [4.69, 9.17) is 16.3 Å². The van der Waals surface area contributed by atoms with Crippen molar-refractivity contribution < 1.29 is 19.4 Å². The van der Waals surface area contributed by atoms with Crippen LogP contribution >= 0.6 is 11.6 Å². The topological polar surface area (TPSA) is 108 Å². The Morgan fingerprint density at radius 1 is 1.31 bits per heavy atom. The number of nitrogens with zero attached hydrogens (tertiary/aromatic N) is 4. The number of aromatic nitrogens is 2. The van der Waals surface area contributed by atoms with Gasteiger partial charge >= 0.3 is 0 Å². The van der Waals surface area contributed by atoms with Gasteiger partial charge in [-0.15, -0.1) is 0 Å². The van der Waals surface area contributed by atoms with Gasteiger partial charge in [-0.05, 0) is 52.3 Å². The Kier molecular flexibility index (Phi) is 9.41. The quantitative estimate of drug-likeness (QED) is 0.488. The maximum Gasteiger partial charge on any atom is 0.242 e. The molecule has 1 fully saturated rings. The van der Waals surface area contributed by atoms with Gasteiger partial charge in [0.05, 0.1) is 23.5 Å². The first-order valence-electron chi connectivity index (χ1n) is 12.1. The van der Waals surface area contributed by atoms with Crippen molar-refractivity contribution in [2.45, 2.75) is 57.8 Å². The van der Waals surface area contributed by atoms with Gasteiger partial charge in [0, 0.05) is 49.5 Å². The molecule has 1 saturated heterocycles. The van der Waals surface area contributed by atoms with Crippen molar-refractivity contribution in [1.29, 1.82) is 0 Å². The summed E-state index contributed by atoms with van der Waals surface area (Å²) in [6.45, 7) is 7.18. The van der Waals surface area contributed by atoms with Crippen molar-refractivity contribution in [3.05, 3.63) is 40.5 Å². The van der Waals surface area contributed by atoms with Crippen LogP contribution in [-0.2, 0) is 16.1 Å². The molecule has 0 bridgehead atoms. The molecule has 1 aliphatic heterocycles. The van der Waals surface area contributed by atoms with E-state index in [0.29, 0.717) is 47.6 Å². The van der Waals surface area contributed by atoms with E-state index in [-0.39, 0.29) is 24.1 Å². The second kappa shape index (κ2) is 12.1. The van der Waals surface area contributed by atoms with Gasteiger partial charge in [0.25, 0.3) is 0 Å². The summed E-state index contributed by atoms with van der Waals surface area (Å²) in [6.07, 6.45) is 4.08. The van der Waals surface area contributed by atoms with Gasteiger partial charge in [-0.2, -0.15) is 0 Å². The van der Waals surface area contributed by atoms with Crippen molar-refractivity contribution in [3.63, 3.8) is 0 Å². The number of likely N-dealkylation sites (N-methyl/N-ethyl adjacent to an activating group) is 2. The summed E-state index contributed by atoms with van der Waals surface area (Å²) in [6, 6.07) is 4.91. The van der Waals surface area contributed by atoms with E-state index in [2.05, 4.69) is 15.3 Å². The average Bonchev–Trinajstić information content (AvgIpc) is 2.85. The summed E-state index contributed by atoms with van der Waals surface area (Å²) in [4.78, 5) is 37.2. The van der Waals surface area contributed by atoms with Crippen LogP contribution in [0.15, 0.2) is 24.4 Å². The van der Waals surface area contributed by atoms with Crippen molar-refractivity contribution in [1.82, 2.24) is 19.8 Å². The standard InChI is InChI=1S/C26H36ClN5O4/c1-26(2,3)32(5)24(35)22(16-34)31(4)14-18-7-6-17(12-19(18)15-33)23-21(27)13-28-25(30-23)29-20-8-10-36-11-9-20/h6-7,12-13,15,20,22,34H,8-11,14,16H2,1-5H3,(H,28,29,30). The molecule has 0 saturated carbocycles. The molecule has 2 heterocycles. The first kappa shape index (κ1) is 28.0. The second-order valence-electron chi connectivity index (χ2n) is 10.1. The SMILES string of the molecule is CN(Cc1ccc(-c2nc(NC3CCOCC3)ncc2Cl)cc1C=O)C(CO)C(=O)N(C)C(C)(C)C. The van der Waals surface area contributed by atoms with Crippen LogP contribution in [-0.4, -0.2) is 88.6 Å². The Balaban J connectivity index is 1.81. The number of carbonyl (C=O) groups is 2. The Hall–Kier alpha value is -2.59. The van der Waals surface area contributed by atoms with E-state index in [1.165, 1.54) is 0 Å². The van der Waals surface area contributed by atoms with Crippen LogP contribution in [0.5, 0.6) is 0 Å². The van der Waals surface area contributed by atoms with Gasteiger partial charge in [0.2, 0.25) is 11.9 Å². The Morgan fingerprint density at radius 3 is 2.61 bits per heavy atom. The number of amides is 1. The third-order valence-electron chi connectivity index (χ3n) is 6.59. The number of aliphatic hydroxyl groups is 1. The lowest BCUT2D eigenvalue weighted by atomic mass is 10.0. The van der Waals surface area contributed by atoms with E-state index in [0.717, 1.165) is 24.7 Å². The van der Waals surface area contributed by atoms with E-state index >= 15 is 0 Å². The van der Waals surface area contributed by atoms with E-state index in [1.807, 2.05) is 32.9 Å². The fraction of sp³-hybridized carbons (Fsp3) is 0.538. The monoisotopic (exact) mass is 517 g/mol. The van der Waals surface area contributed by atoms with Gasteiger partial charge in [-0.1, -0.05) is 23.7 Å². The number of aldehydes is 1. The summed E-state index contributed by atoms with van der Waals surface area (Å²) in [7, 11) is 3.48. The first-order valence-corrected chi connectivity index (χ1v) is 12.5. The highest BCUT2D eigenvalue weighted by atomic mass is 35.5. The minimum atomic E-state index is -0.733. The lowest BCUT2D eigenvalue weighted by Gasteiger charge is -2.37. The molecular weight excluding hydrogens is 482 g/mol. The molecule has 36 heavy (non-hydrogen) atoms. The van der Waals surface area contributed by atoms with Crippen LogP contribution in [0, 0.1) is 0 Å². The number of nitrogens with one attached hydrogen (secondary N) is 1. The zero-order valence-corrected chi connectivity index (χ0v) is 22.4. The van der Waals surface area contributed by atoms with Gasteiger partial charge in [0.1, 0.15) is 12.3 Å². The molecule has 1 aromatic carbocycles. The molecule has 1 unspecified atom stereocenters. The average molecular weight is 518 g/mol. The number of hydrogen-bond donors (Lipinski definition) is 2. The fourth-order valence-electron chi connectivity index (χ4n) is 4.00. The van der Waals surface area contributed by atoms with Crippen molar-refractivity contribution in [2.24, 2.45) is 0 Å². The minimum Gasteiger partial charge on any atom is -0.394 e. The smallest absolute Gasteiger partial charge is 0.242 e. The molecule has 0 spiro atoms. The Bertz CT molecular complexity index is 1070. The molecule has 10 heteroatoms. The largest absolute Gasteiger partial charge is 0.394 e. The zero-order chi connectivity index (χ0) is 26.5. The van der Waals surface area contributed by atoms with Crippen molar-refractivity contribution in [2.75, 3.05) is 39.2 Å². The summed E-state index contributed by atoms with van der Waals surface area (Å²) >= 11 is 6.42. The number of rotatable bonds is 9. The van der Waals surface area contributed by atoms with Gasteiger partial charge < -0.3 is 20.1 Å². The molecule has 3 rings (SSSR count). The molecule has 1 aliphatic rings. The fourth-order valence-corrected chi connectivity index (χ4v) is 4.20. The molecule has 0 radical (unpaired) electrons. The number of carbonyl (C=O) groups excluding carboxylic acids is 2. The van der Waals surface area contributed by atoms with Crippen LogP contribution in [0.4, 0.5) is 5.95 Å². The predicted molar refractivity (Wildman–Crippen MR) is 140 cm³/mol. The maximum atomic E-state index is 13.0. The lowest BCUT2D eigenvalue weighted by molar-refractivity contribution is -0.141. The number of anilines is 1. The summed E-state index contributed by atoms with van der Waals surface area (Å²) in [5.41, 5.74) is 2.02. The Morgan fingerprint density at radius 2 is 2.00 bits per heavy atom. The first-order chi connectivity index (χ1) is 17.0. The van der Waals surface area contributed by atoms with Crippen molar-refractivity contribution in [3.8, 4) is 11.3 Å². The molecule has 1 atom stereocenters. The molecule has 1 amide bonds. The number of halogens is 1. The van der Waals surface area contributed by atoms with Crippen LogP contribution in [0.3, 0.4) is 0 Å². The van der Waals surface area contributed by atoms with Gasteiger partial charge in [-0.3, -0.25) is 14.5 Å². The summed E-state index contributed by atoms with van der Waals surface area (Å²) in [5, 5.41) is 13.7. The minimum absolute atomic E-state index is 0.186. The molecule has 196 valence electrons. The maximum absolute atomic E-state index is 13.0. The van der Waals surface area contributed by atoms with E-state index < -0.39 is 6.04 Å². The van der Waals surface area contributed by atoms with Gasteiger partial charge in [0.15, 0.2) is 0 Å². The molecule has 2 N–H and O–H groups in total. The number of ether oxygens (including phenoxy) is 1. The van der Waals surface area contributed by atoms with Gasteiger partial charge in [-0.25, -0.2) is 9.97 Å². The zero-order valence-electron chi connectivity index (χ0n) is 21.6. The number of aliphatic hydroxyl groups excluding tert-OH is 1. The predicted octanol–water partition coefficient (Wildman–Crippen LogP) is 3.25. The third-order valence-corrected chi connectivity index (χ3v) is 6.87. The van der Waals surface area contributed by atoms with E-state index in [9.17, 15) is 14.7 Å². The lowest BCUT2D eigenvalue weighted by Crippen LogP contribution is -2.53. The van der Waals surface area contributed by atoms with E-state index in [1.54, 1.807) is 36.2 Å². The third kappa shape index (κ3) is 6.79. The Labute approximate surface area is 217 Å². The highest BCUT2D eigenvalue weighted by Crippen LogP contribution is 2.29. The molecule has 9 nitrogen and oxygen atoms in total. The van der Waals surface area contributed by atoms with Crippen LogP contribution in [0.1, 0.15) is 49.5 Å². The molecule has 1 aromatic heterocycles. The van der Waals surface area contributed by atoms with Crippen LogP contribution < -0.4 is 5.32 Å². The van der Waals surface area contributed by atoms with Crippen LogP contribution in [0.2, 0.25) is 5.02 Å². The van der Waals surface area contributed by atoms with Crippen molar-refractivity contribution >= 4 is 29.7 Å². The molecule has 0 aliphatic carbocycles. The molecular formula is C26H36ClN5O4. The number of benzene rings is 1. The highest BCUT2D eigenvalue weighted by Gasteiger charge is 2.31. The summed E-state index contributed by atoms with van der Waals surface area (Å²) in [5.74, 6) is 0.291. The normalized spacial score (nSPS) is 15.6. The van der Waals surface area contributed by atoms with Crippen LogP contribution in [0.25, 0.3) is 11.3 Å². The summed E-state index contributed by atoms with van der Waals surface area (Å²) < 4.78 is 5.40. The number of hydrogen-bond acceptors (Lipinski definition) is 8. The highest BCUT2D eigenvalue weighted by molar-refractivity contribution is 6.32. The molecule has 2 aromatic rings.